The highest BCUT2D eigenvalue weighted by Crippen LogP contribution is 2.25. The van der Waals surface area contributed by atoms with Crippen LogP contribution in [-0.4, -0.2) is 34.3 Å². The van der Waals surface area contributed by atoms with Gasteiger partial charge >= 0.3 is 7.82 Å². The largest absolute Gasteiger partial charge is 0.466 e. The van der Waals surface area contributed by atoms with Crippen molar-refractivity contribution in [1.82, 2.24) is 16.0 Å². The molecular weight excluding hydrogens is 641 g/mol. The first-order valence-electron chi connectivity index (χ1n) is 21.1. The smallest absolute Gasteiger partial charge is 0.391 e. The van der Waals surface area contributed by atoms with Gasteiger partial charge < -0.3 is 30.6 Å². The SMILES string of the molecule is C=CNCCCCCCCCCCCC.C=CNCCCCCCCCCCCC.C=CNCCCCCCCCCCCC.O=P(O)(O)O. The summed E-state index contributed by atoms with van der Waals surface area (Å²) in [6.07, 6.45) is 47.6. The molecule has 0 aromatic carbocycles. The minimum atomic E-state index is -4.64. The average Bonchev–Trinajstić information content (AvgIpc) is 3.08. The zero-order valence-corrected chi connectivity index (χ0v) is 34.8. The van der Waals surface area contributed by atoms with Crippen LogP contribution in [0.2, 0.25) is 0 Å². The van der Waals surface area contributed by atoms with Gasteiger partial charge in [0, 0.05) is 19.6 Å². The van der Waals surface area contributed by atoms with Crippen molar-refractivity contribution in [3.63, 3.8) is 0 Å². The summed E-state index contributed by atoms with van der Waals surface area (Å²) in [5.74, 6) is 0. The predicted octanol–water partition coefficient (Wildman–Crippen LogP) is 13.0. The van der Waals surface area contributed by atoms with Crippen LogP contribution in [0.15, 0.2) is 38.3 Å². The van der Waals surface area contributed by atoms with Crippen LogP contribution >= 0.6 is 7.82 Å². The van der Waals surface area contributed by atoms with Crippen LogP contribution in [-0.2, 0) is 4.57 Å². The lowest BCUT2D eigenvalue weighted by Gasteiger charge is -2.02. The van der Waals surface area contributed by atoms with Crippen molar-refractivity contribution in [1.29, 1.82) is 0 Å². The van der Waals surface area contributed by atoms with E-state index in [1.54, 1.807) is 18.6 Å². The Morgan fingerprint density at radius 3 is 0.640 bits per heavy atom. The molecule has 0 heterocycles. The molecule has 0 rings (SSSR count). The number of rotatable bonds is 36. The Morgan fingerprint density at radius 2 is 0.500 bits per heavy atom. The molecule has 0 aromatic rings. The molecule has 0 saturated carbocycles. The van der Waals surface area contributed by atoms with Crippen LogP contribution in [0.3, 0.4) is 0 Å². The topological polar surface area (TPSA) is 114 Å². The van der Waals surface area contributed by atoms with Crippen molar-refractivity contribution >= 4 is 7.82 Å². The van der Waals surface area contributed by atoms with Crippen LogP contribution in [0.1, 0.15) is 213 Å². The normalized spacial score (nSPS) is 10.4. The van der Waals surface area contributed by atoms with E-state index in [0.717, 1.165) is 19.6 Å². The van der Waals surface area contributed by atoms with Gasteiger partial charge in [0.05, 0.1) is 0 Å². The van der Waals surface area contributed by atoms with Crippen LogP contribution in [0.4, 0.5) is 0 Å². The summed E-state index contributed by atoms with van der Waals surface area (Å²) in [5, 5.41) is 9.41. The van der Waals surface area contributed by atoms with E-state index in [9.17, 15) is 0 Å². The minimum Gasteiger partial charge on any atom is -0.391 e. The van der Waals surface area contributed by atoms with Crippen molar-refractivity contribution in [2.45, 2.75) is 213 Å². The minimum absolute atomic E-state index is 1.10. The molecule has 8 heteroatoms. The lowest BCUT2D eigenvalue weighted by Crippen LogP contribution is -2.05. The molecule has 50 heavy (non-hydrogen) atoms. The fourth-order valence-electron chi connectivity index (χ4n) is 5.45. The van der Waals surface area contributed by atoms with Crippen LogP contribution in [0.25, 0.3) is 0 Å². The van der Waals surface area contributed by atoms with Gasteiger partial charge in [0.2, 0.25) is 0 Å². The lowest BCUT2D eigenvalue weighted by atomic mass is 10.1. The maximum atomic E-state index is 8.88. The molecular formula is C42H90N3O4P. The molecule has 302 valence electrons. The van der Waals surface area contributed by atoms with Gasteiger partial charge in [-0.2, -0.15) is 0 Å². The van der Waals surface area contributed by atoms with Gasteiger partial charge in [-0.1, -0.05) is 214 Å². The molecule has 0 aliphatic carbocycles. The van der Waals surface area contributed by atoms with Gasteiger partial charge in [0.25, 0.3) is 0 Å². The Morgan fingerprint density at radius 1 is 0.360 bits per heavy atom. The zero-order chi connectivity index (χ0) is 38.1. The van der Waals surface area contributed by atoms with E-state index in [-0.39, 0.29) is 0 Å². The Kier molecular flexibility index (Phi) is 60.5. The Labute approximate surface area is 313 Å². The number of phosphoric acid groups is 1. The number of nitrogens with one attached hydrogen (secondary N) is 3. The first-order chi connectivity index (χ1) is 24.2. The third-order valence-corrected chi connectivity index (χ3v) is 8.46. The van der Waals surface area contributed by atoms with Crippen molar-refractivity contribution in [2.24, 2.45) is 0 Å². The van der Waals surface area contributed by atoms with Crippen molar-refractivity contribution in [3.8, 4) is 0 Å². The molecule has 0 spiro atoms. The highest BCUT2D eigenvalue weighted by Gasteiger charge is 2.00. The Hall–Kier alpha value is -1.27. The van der Waals surface area contributed by atoms with Gasteiger partial charge in [-0.05, 0) is 37.9 Å². The summed E-state index contributed by atoms with van der Waals surface area (Å²) in [5.41, 5.74) is 0. The molecule has 0 amide bonds. The van der Waals surface area contributed by atoms with Crippen molar-refractivity contribution < 1.29 is 19.2 Å². The fourth-order valence-corrected chi connectivity index (χ4v) is 5.45. The standard InChI is InChI=1S/3C14H29N.H3O4P/c3*1-3-5-6-7-8-9-10-11-12-13-14-15-4-2;1-5(2,3)4/h3*4,15H,2-3,5-14H2,1H3;(H3,1,2,3,4). The Bertz CT molecular complexity index is 581. The first kappa shape index (κ1) is 55.5. The van der Waals surface area contributed by atoms with E-state index in [0.29, 0.717) is 0 Å². The molecule has 0 unspecified atom stereocenters. The van der Waals surface area contributed by atoms with E-state index < -0.39 is 7.82 Å². The van der Waals surface area contributed by atoms with Gasteiger partial charge in [0.15, 0.2) is 0 Å². The second kappa shape index (κ2) is 54.5. The molecule has 0 fully saturated rings. The average molecular weight is 732 g/mol. The summed E-state index contributed by atoms with van der Waals surface area (Å²) in [6, 6.07) is 0. The molecule has 6 N–H and O–H groups in total. The van der Waals surface area contributed by atoms with E-state index in [4.69, 9.17) is 19.2 Å². The van der Waals surface area contributed by atoms with Crippen LogP contribution < -0.4 is 16.0 Å². The maximum absolute atomic E-state index is 8.88. The summed E-state index contributed by atoms with van der Waals surface area (Å²) in [4.78, 5) is 21.6. The van der Waals surface area contributed by atoms with Gasteiger partial charge in [-0.15, -0.1) is 0 Å². The van der Waals surface area contributed by atoms with E-state index in [1.807, 2.05) is 0 Å². The second-order valence-corrected chi connectivity index (χ2v) is 14.6. The second-order valence-electron chi connectivity index (χ2n) is 13.5. The highest BCUT2D eigenvalue weighted by atomic mass is 31.2. The molecule has 7 nitrogen and oxygen atoms in total. The molecule has 0 atom stereocenters. The first-order valence-corrected chi connectivity index (χ1v) is 22.6. The lowest BCUT2D eigenvalue weighted by molar-refractivity contribution is 0.275. The van der Waals surface area contributed by atoms with Crippen LogP contribution in [0.5, 0.6) is 0 Å². The highest BCUT2D eigenvalue weighted by molar-refractivity contribution is 7.45. The summed E-state index contributed by atoms with van der Waals surface area (Å²) >= 11 is 0. The third kappa shape index (κ3) is 81.0. The van der Waals surface area contributed by atoms with Gasteiger partial charge in [-0.25, -0.2) is 4.57 Å². The van der Waals surface area contributed by atoms with Crippen molar-refractivity contribution in [2.75, 3.05) is 19.6 Å². The number of hydrogen-bond acceptors (Lipinski definition) is 4. The van der Waals surface area contributed by atoms with E-state index in [1.165, 1.54) is 193 Å². The fraction of sp³-hybridized carbons (Fsp3) is 0.857. The molecule has 0 aromatic heterocycles. The molecule has 0 bridgehead atoms. The van der Waals surface area contributed by atoms with Gasteiger partial charge in [0.1, 0.15) is 0 Å². The summed E-state index contributed by atoms with van der Waals surface area (Å²) in [7, 11) is -4.64. The number of unbranched alkanes of at least 4 members (excludes halogenated alkanes) is 27. The maximum Gasteiger partial charge on any atom is 0.466 e. The Balaban J connectivity index is -0.000000296. The molecule has 0 radical (unpaired) electrons. The zero-order valence-electron chi connectivity index (χ0n) is 33.9. The molecule has 0 saturated heterocycles. The van der Waals surface area contributed by atoms with E-state index >= 15 is 0 Å². The number of hydrogen-bond donors (Lipinski definition) is 6. The summed E-state index contributed by atoms with van der Waals surface area (Å²) < 4.78 is 8.88. The predicted molar refractivity (Wildman–Crippen MR) is 224 cm³/mol. The van der Waals surface area contributed by atoms with Crippen LogP contribution in [0, 0.1) is 0 Å². The molecule has 0 aliphatic rings. The third-order valence-electron chi connectivity index (χ3n) is 8.46. The van der Waals surface area contributed by atoms with E-state index in [2.05, 4.69) is 56.5 Å². The summed E-state index contributed by atoms with van der Waals surface area (Å²) in [6.45, 7) is 21.0. The van der Waals surface area contributed by atoms with Crippen molar-refractivity contribution in [3.05, 3.63) is 38.3 Å². The monoisotopic (exact) mass is 732 g/mol. The molecule has 0 aliphatic heterocycles. The van der Waals surface area contributed by atoms with Gasteiger partial charge in [-0.3, -0.25) is 0 Å². The quantitative estimate of drug-likeness (QED) is 0.0281.